The Bertz CT molecular complexity index is 484. The van der Waals surface area contributed by atoms with E-state index in [1.807, 2.05) is 6.07 Å². The van der Waals surface area contributed by atoms with Crippen molar-refractivity contribution in [3.63, 3.8) is 0 Å². The van der Waals surface area contributed by atoms with Crippen molar-refractivity contribution in [2.24, 2.45) is 5.92 Å². The van der Waals surface area contributed by atoms with Crippen molar-refractivity contribution in [2.75, 3.05) is 13.1 Å². The van der Waals surface area contributed by atoms with Crippen LogP contribution in [-0.2, 0) is 4.79 Å². The maximum atomic E-state index is 12.2. The molecule has 0 saturated carbocycles. The monoisotopic (exact) mass is 375 g/mol. The summed E-state index contributed by atoms with van der Waals surface area (Å²) in [6, 6.07) is 5.32. The minimum absolute atomic E-state index is 0.124. The summed E-state index contributed by atoms with van der Waals surface area (Å²) >= 11 is 6.66. The Morgan fingerprint density at radius 3 is 2.33 bits per heavy atom. The number of hydrogen-bond acceptors (Lipinski definition) is 2. The van der Waals surface area contributed by atoms with Crippen molar-refractivity contribution in [2.45, 2.75) is 6.42 Å². The van der Waals surface area contributed by atoms with Crippen LogP contribution >= 0.6 is 31.9 Å². The number of aliphatic carboxylic acids is 1. The molecule has 1 saturated heterocycles. The molecule has 0 radical (unpaired) electrons. The fourth-order valence-electron chi connectivity index (χ4n) is 2.01. The van der Waals surface area contributed by atoms with Crippen molar-refractivity contribution < 1.29 is 14.7 Å². The number of halogens is 2. The average Bonchev–Trinajstić information content (AvgIpc) is 2.75. The molecule has 1 aliphatic rings. The summed E-state index contributed by atoms with van der Waals surface area (Å²) in [7, 11) is 0. The van der Waals surface area contributed by atoms with Gasteiger partial charge in [-0.25, -0.2) is 0 Å². The Morgan fingerprint density at radius 1 is 1.22 bits per heavy atom. The van der Waals surface area contributed by atoms with Crippen LogP contribution in [0.4, 0.5) is 0 Å². The van der Waals surface area contributed by atoms with Crippen LogP contribution in [0.3, 0.4) is 0 Å². The van der Waals surface area contributed by atoms with Crippen molar-refractivity contribution in [3.05, 3.63) is 32.7 Å². The first-order chi connectivity index (χ1) is 8.47. The minimum Gasteiger partial charge on any atom is -0.481 e. The van der Waals surface area contributed by atoms with E-state index in [2.05, 4.69) is 31.9 Å². The van der Waals surface area contributed by atoms with Gasteiger partial charge in [-0.1, -0.05) is 31.9 Å². The fraction of sp³-hybridized carbons (Fsp3) is 0.333. The van der Waals surface area contributed by atoms with Gasteiger partial charge in [-0.3, -0.25) is 9.59 Å². The van der Waals surface area contributed by atoms with Crippen LogP contribution in [0.1, 0.15) is 16.8 Å². The van der Waals surface area contributed by atoms with E-state index in [1.54, 1.807) is 17.0 Å². The summed E-state index contributed by atoms with van der Waals surface area (Å²) in [5.41, 5.74) is 0.558. The summed E-state index contributed by atoms with van der Waals surface area (Å²) in [6.45, 7) is 0.790. The van der Waals surface area contributed by atoms with Crippen LogP contribution < -0.4 is 0 Å². The van der Waals surface area contributed by atoms with Crippen molar-refractivity contribution >= 4 is 43.7 Å². The molecule has 1 aromatic carbocycles. The normalized spacial score (nSPS) is 19.0. The number of rotatable bonds is 2. The van der Waals surface area contributed by atoms with Gasteiger partial charge in [0.05, 0.1) is 5.92 Å². The van der Waals surface area contributed by atoms with Gasteiger partial charge in [-0.15, -0.1) is 0 Å². The molecule has 2 rings (SSSR count). The van der Waals surface area contributed by atoms with Gasteiger partial charge in [-0.2, -0.15) is 0 Å². The van der Waals surface area contributed by atoms with Gasteiger partial charge >= 0.3 is 5.97 Å². The molecule has 1 unspecified atom stereocenters. The lowest BCUT2D eigenvalue weighted by atomic mass is 10.1. The van der Waals surface area contributed by atoms with E-state index in [0.29, 0.717) is 18.5 Å². The zero-order valence-electron chi connectivity index (χ0n) is 9.40. The molecule has 1 atom stereocenters. The molecule has 1 heterocycles. The molecule has 0 spiro atoms. The first kappa shape index (κ1) is 13.5. The van der Waals surface area contributed by atoms with Gasteiger partial charge in [0.25, 0.3) is 5.91 Å². The molecule has 0 bridgehead atoms. The molecular weight excluding hydrogens is 366 g/mol. The second-order valence-corrected chi connectivity index (χ2v) is 6.06. The first-order valence-corrected chi connectivity index (χ1v) is 7.04. The van der Waals surface area contributed by atoms with Crippen molar-refractivity contribution in [3.8, 4) is 0 Å². The van der Waals surface area contributed by atoms with Gasteiger partial charge in [0.15, 0.2) is 0 Å². The maximum Gasteiger partial charge on any atom is 0.308 e. The third-order valence-electron chi connectivity index (χ3n) is 2.93. The highest BCUT2D eigenvalue weighted by Crippen LogP contribution is 2.23. The van der Waals surface area contributed by atoms with E-state index < -0.39 is 11.9 Å². The maximum absolute atomic E-state index is 12.2. The Kier molecular flexibility index (Phi) is 4.07. The van der Waals surface area contributed by atoms with E-state index in [-0.39, 0.29) is 12.5 Å². The number of benzene rings is 1. The lowest BCUT2D eigenvalue weighted by Crippen LogP contribution is -2.29. The van der Waals surface area contributed by atoms with Crippen LogP contribution in [-0.4, -0.2) is 35.0 Å². The van der Waals surface area contributed by atoms with Crippen LogP contribution in [0, 0.1) is 5.92 Å². The molecule has 0 aromatic heterocycles. The van der Waals surface area contributed by atoms with Crippen LogP contribution in [0.25, 0.3) is 0 Å². The van der Waals surface area contributed by atoms with Crippen molar-refractivity contribution in [1.82, 2.24) is 4.90 Å². The van der Waals surface area contributed by atoms with E-state index in [0.717, 1.165) is 8.95 Å². The molecule has 1 amide bonds. The molecule has 0 aliphatic carbocycles. The van der Waals surface area contributed by atoms with Gasteiger partial charge < -0.3 is 10.0 Å². The van der Waals surface area contributed by atoms with E-state index in [4.69, 9.17) is 5.11 Å². The zero-order valence-corrected chi connectivity index (χ0v) is 12.6. The Morgan fingerprint density at radius 2 is 1.83 bits per heavy atom. The highest BCUT2D eigenvalue weighted by molar-refractivity contribution is 9.11. The predicted octanol–water partition coefficient (Wildman–Crippen LogP) is 2.76. The van der Waals surface area contributed by atoms with E-state index in [1.165, 1.54) is 0 Å². The third-order valence-corrected chi connectivity index (χ3v) is 3.85. The van der Waals surface area contributed by atoms with Gasteiger partial charge in [0.1, 0.15) is 0 Å². The lowest BCUT2D eigenvalue weighted by Gasteiger charge is -2.16. The summed E-state index contributed by atoms with van der Waals surface area (Å²) in [5.74, 6) is -1.40. The van der Waals surface area contributed by atoms with E-state index >= 15 is 0 Å². The highest BCUT2D eigenvalue weighted by Gasteiger charge is 2.31. The molecule has 1 fully saturated rings. The molecular formula is C12H11Br2NO3. The lowest BCUT2D eigenvalue weighted by molar-refractivity contribution is -0.141. The molecule has 1 N–H and O–H groups in total. The number of carboxylic acid groups (broad SMARTS) is 1. The first-order valence-electron chi connectivity index (χ1n) is 5.45. The minimum atomic E-state index is -0.833. The van der Waals surface area contributed by atoms with Crippen molar-refractivity contribution in [1.29, 1.82) is 0 Å². The summed E-state index contributed by atoms with van der Waals surface area (Å²) in [6.07, 6.45) is 0.524. The molecule has 6 heteroatoms. The number of amides is 1. The number of carbonyl (C=O) groups is 2. The molecule has 4 nitrogen and oxygen atoms in total. The number of nitrogens with zero attached hydrogens (tertiary/aromatic N) is 1. The molecule has 1 aromatic rings. The van der Waals surface area contributed by atoms with Crippen LogP contribution in [0.2, 0.25) is 0 Å². The third kappa shape index (κ3) is 2.92. The Balaban J connectivity index is 2.15. The van der Waals surface area contributed by atoms with Crippen LogP contribution in [0.15, 0.2) is 27.1 Å². The number of carbonyl (C=O) groups excluding carboxylic acids is 1. The smallest absolute Gasteiger partial charge is 0.308 e. The largest absolute Gasteiger partial charge is 0.481 e. The topological polar surface area (TPSA) is 57.6 Å². The highest BCUT2D eigenvalue weighted by atomic mass is 79.9. The SMILES string of the molecule is O=C(O)C1CCN(C(=O)c2cc(Br)cc(Br)c2)C1. The number of hydrogen-bond donors (Lipinski definition) is 1. The van der Waals surface area contributed by atoms with Gasteiger partial charge in [0, 0.05) is 27.6 Å². The summed E-state index contributed by atoms with van der Waals surface area (Å²) in [4.78, 5) is 24.7. The summed E-state index contributed by atoms with van der Waals surface area (Å²) in [5, 5.41) is 8.92. The van der Waals surface area contributed by atoms with Gasteiger partial charge in [-0.05, 0) is 24.6 Å². The number of likely N-dealkylation sites (tertiary alicyclic amines) is 1. The predicted molar refractivity (Wildman–Crippen MR) is 73.5 cm³/mol. The zero-order chi connectivity index (χ0) is 13.3. The fourth-order valence-corrected chi connectivity index (χ4v) is 3.30. The molecule has 1 aliphatic heterocycles. The Hall–Kier alpha value is -0.880. The molecule has 18 heavy (non-hydrogen) atoms. The van der Waals surface area contributed by atoms with Gasteiger partial charge in [0.2, 0.25) is 0 Å². The Labute approximate surface area is 121 Å². The second-order valence-electron chi connectivity index (χ2n) is 4.23. The molecule has 96 valence electrons. The average molecular weight is 377 g/mol. The standard InChI is InChI=1S/C12H11Br2NO3/c13-9-3-8(4-10(14)5-9)11(16)15-2-1-7(6-15)12(17)18/h3-5,7H,1-2,6H2,(H,17,18). The second kappa shape index (κ2) is 5.40. The van der Waals surface area contributed by atoms with E-state index in [9.17, 15) is 9.59 Å². The summed E-state index contributed by atoms with van der Waals surface area (Å²) < 4.78 is 1.63. The number of carboxylic acids is 1. The van der Waals surface area contributed by atoms with Crippen LogP contribution in [0.5, 0.6) is 0 Å². The quantitative estimate of drug-likeness (QED) is 0.863.